The van der Waals surface area contributed by atoms with E-state index in [9.17, 15) is 0 Å². The summed E-state index contributed by atoms with van der Waals surface area (Å²) in [5.41, 5.74) is 6.33. The first kappa shape index (κ1) is 15.9. The Labute approximate surface area is 114 Å². The second kappa shape index (κ2) is 6.88. The number of nitrogens with two attached hydrogens (primary N) is 1. The van der Waals surface area contributed by atoms with Crippen molar-refractivity contribution in [2.45, 2.75) is 46.1 Å². The molecule has 2 N–H and O–H groups in total. The van der Waals surface area contributed by atoms with Crippen LogP contribution >= 0.6 is 0 Å². The van der Waals surface area contributed by atoms with E-state index < -0.39 is 0 Å². The molecule has 0 aromatic rings. The predicted octanol–water partition coefficient (Wildman–Crippen LogP) is 2.02. The molecule has 0 aromatic heterocycles. The molecule has 3 nitrogen and oxygen atoms in total. The number of piperidine rings is 1. The van der Waals surface area contributed by atoms with Crippen LogP contribution < -0.4 is 5.73 Å². The van der Waals surface area contributed by atoms with Gasteiger partial charge in [-0.15, -0.1) is 0 Å². The van der Waals surface area contributed by atoms with Gasteiger partial charge < -0.3 is 15.5 Å². The number of nitrogens with zero attached hydrogens (tertiary/aromatic N) is 2. The first-order valence-electron chi connectivity index (χ1n) is 7.40. The highest BCUT2D eigenvalue weighted by Gasteiger charge is 2.24. The molecule has 0 spiro atoms. The standard InChI is InChI=1S/C15H33N3/c1-15(2,3)10-13(11-16)12-18-8-6-14(7-9-18)17(4)5/h13-14H,6-12,16H2,1-5H3. The Kier molecular flexibility index (Phi) is 6.09. The lowest BCUT2D eigenvalue weighted by atomic mass is 9.84. The molecule has 1 fully saturated rings. The van der Waals surface area contributed by atoms with Gasteiger partial charge in [-0.2, -0.15) is 0 Å². The van der Waals surface area contributed by atoms with E-state index in [0.717, 1.165) is 12.6 Å². The summed E-state index contributed by atoms with van der Waals surface area (Å²) in [5, 5.41) is 0. The van der Waals surface area contributed by atoms with Crippen LogP contribution in [0, 0.1) is 11.3 Å². The molecule has 1 saturated heterocycles. The van der Waals surface area contributed by atoms with Crippen molar-refractivity contribution < 1.29 is 0 Å². The van der Waals surface area contributed by atoms with Gasteiger partial charge in [0.2, 0.25) is 0 Å². The van der Waals surface area contributed by atoms with Crippen molar-refractivity contribution in [1.29, 1.82) is 0 Å². The minimum atomic E-state index is 0.395. The van der Waals surface area contributed by atoms with Crippen LogP contribution in [0.1, 0.15) is 40.0 Å². The molecule has 108 valence electrons. The fraction of sp³-hybridized carbons (Fsp3) is 1.00. The molecule has 1 unspecified atom stereocenters. The van der Waals surface area contributed by atoms with Crippen molar-refractivity contribution in [3.8, 4) is 0 Å². The normalized spacial score (nSPS) is 21.5. The van der Waals surface area contributed by atoms with Crippen molar-refractivity contribution in [1.82, 2.24) is 9.80 Å². The highest BCUT2D eigenvalue weighted by Crippen LogP contribution is 2.25. The molecule has 0 saturated carbocycles. The van der Waals surface area contributed by atoms with Crippen LogP contribution in [-0.2, 0) is 0 Å². The summed E-state index contributed by atoms with van der Waals surface area (Å²) < 4.78 is 0. The zero-order valence-electron chi connectivity index (χ0n) is 13.1. The average molecular weight is 255 g/mol. The van der Waals surface area contributed by atoms with Gasteiger partial charge >= 0.3 is 0 Å². The summed E-state index contributed by atoms with van der Waals surface area (Å²) in [5.74, 6) is 0.654. The van der Waals surface area contributed by atoms with Crippen molar-refractivity contribution in [2.24, 2.45) is 17.1 Å². The van der Waals surface area contributed by atoms with Gasteiger partial charge in [0.25, 0.3) is 0 Å². The van der Waals surface area contributed by atoms with Crippen molar-refractivity contribution in [3.63, 3.8) is 0 Å². The molecule has 0 radical (unpaired) electrons. The Balaban J connectivity index is 2.34. The lowest BCUT2D eigenvalue weighted by Gasteiger charge is -2.37. The van der Waals surface area contributed by atoms with E-state index in [1.54, 1.807) is 0 Å². The number of likely N-dealkylation sites (tertiary alicyclic amines) is 1. The summed E-state index contributed by atoms with van der Waals surface area (Å²) in [6.45, 7) is 11.4. The van der Waals surface area contributed by atoms with Gasteiger partial charge in [0.15, 0.2) is 0 Å². The third-order valence-corrected chi connectivity index (χ3v) is 4.04. The largest absolute Gasteiger partial charge is 0.330 e. The minimum absolute atomic E-state index is 0.395. The van der Waals surface area contributed by atoms with Crippen LogP contribution in [0.15, 0.2) is 0 Å². The van der Waals surface area contributed by atoms with Crippen LogP contribution in [0.2, 0.25) is 0 Å². The summed E-state index contributed by atoms with van der Waals surface area (Å²) in [7, 11) is 4.39. The molecule has 0 bridgehead atoms. The van der Waals surface area contributed by atoms with Gasteiger partial charge in [0, 0.05) is 12.6 Å². The van der Waals surface area contributed by atoms with E-state index in [2.05, 4.69) is 44.7 Å². The molecule has 1 atom stereocenters. The highest BCUT2D eigenvalue weighted by molar-refractivity contribution is 4.80. The Morgan fingerprint density at radius 2 is 1.78 bits per heavy atom. The van der Waals surface area contributed by atoms with Gasteiger partial charge in [-0.25, -0.2) is 0 Å². The monoisotopic (exact) mass is 255 g/mol. The maximum atomic E-state index is 5.94. The van der Waals surface area contributed by atoms with E-state index in [1.807, 2.05) is 0 Å². The van der Waals surface area contributed by atoms with Gasteiger partial charge in [-0.3, -0.25) is 0 Å². The SMILES string of the molecule is CN(C)C1CCN(CC(CN)CC(C)(C)C)CC1. The lowest BCUT2D eigenvalue weighted by molar-refractivity contribution is 0.121. The van der Waals surface area contributed by atoms with E-state index >= 15 is 0 Å². The van der Waals surface area contributed by atoms with Crippen LogP contribution in [0.3, 0.4) is 0 Å². The molecule has 18 heavy (non-hydrogen) atoms. The third-order valence-electron chi connectivity index (χ3n) is 4.04. The summed E-state index contributed by atoms with van der Waals surface area (Å²) in [6, 6.07) is 0.778. The maximum absolute atomic E-state index is 5.94. The summed E-state index contributed by atoms with van der Waals surface area (Å²) >= 11 is 0. The smallest absolute Gasteiger partial charge is 0.0113 e. The van der Waals surface area contributed by atoms with E-state index in [0.29, 0.717) is 11.3 Å². The second-order valence-electron chi connectivity index (χ2n) is 7.36. The topological polar surface area (TPSA) is 32.5 Å². The Morgan fingerprint density at radius 1 is 1.22 bits per heavy atom. The van der Waals surface area contributed by atoms with Crippen LogP contribution in [0.25, 0.3) is 0 Å². The number of hydrogen-bond donors (Lipinski definition) is 1. The quantitative estimate of drug-likeness (QED) is 0.816. The van der Waals surface area contributed by atoms with Crippen LogP contribution in [0.4, 0.5) is 0 Å². The molecule has 3 heteroatoms. The van der Waals surface area contributed by atoms with E-state index in [4.69, 9.17) is 5.73 Å². The molecule has 0 aliphatic carbocycles. The predicted molar refractivity (Wildman–Crippen MR) is 79.8 cm³/mol. The molecular weight excluding hydrogens is 222 g/mol. The van der Waals surface area contributed by atoms with Crippen molar-refractivity contribution in [3.05, 3.63) is 0 Å². The van der Waals surface area contributed by atoms with Crippen molar-refractivity contribution >= 4 is 0 Å². The van der Waals surface area contributed by atoms with Gasteiger partial charge in [0.05, 0.1) is 0 Å². The molecule has 0 amide bonds. The van der Waals surface area contributed by atoms with Gasteiger partial charge in [0.1, 0.15) is 0 Å². The fourth-order valence-corrected chi connectivity index (χ4v) is 3.07. The van der Waals surface area contributed by atoms with Gasteiger partial charge in [-0.1, -0.05) is 20.8 Å². The van der Waals surface area contributed by atoms with Crippen LogP contribution in [0.5, 0.6) is 0 Å². The zero-order chi connectivity index (χ0) is 13.8. The summed E-state index contributed by atoms with van der Waals surface area (Å²) in [6.07, 6.45) is 3.84. The summed E-state index contributed by atoms with van der Waals surface area (Å²) in [4.78, 5) is 4.98. The average Bonchev–Trinajstić information content (AvgIpc) is 2.27. The second-order valence-corrected chi connectivity index (χ2v) is 7.36. The molecule has 1 aliphatic rings. The van der Waals surface area contributed by atoms with E-state index in [-0.39, 0.29) is 0 Å². The van der Waals surface area contributed by atoms with Crippen LogP contribution in [-0.4, -0.2) is 56.1 Å². The molecule has 0 aromatic carbocycles. The van der Waals surface area contributed by atoms with Crippen molar-refractivity contribution in [2.75, 3.05) is 40.3 Å². The Hall–Kier alpha value is -0.120. The maximum Gasteiger partial charge on any atom is 0.0113 e. The number of hydrogen-bond acceptors (Lipinski definition) is 3. The highest BCUT2D eigenvalue weighted by atomic mass is 15.2. The molecular formula is C15H33N3. The Morgan fingerprint density at radius 3 is 2.17 bits per heavy atom. The zero-order valence-corrected chi connectivity index (χ0v) is 13.1. The minimum Gasteiger partial charge on any atom is -0.330 e. The first-order valence-corrected chi connectivity index (χ1v) is 7.40. The number of rotatable bonds is 5. The first-order chi connectivity index (χ1) is 8.31. The molecule has 1 aliphatic heterocycles. The lowest BCUT2D eigenvalue weighted by Crippen LogP contribution is -2.44. The molecule has 1 rings (SSSR count). The molecule has 1 heterocycles. The fourth-order valence-electron chi connectivity index (χ4n) is 3.07. The third kappa shape index (κ3) is 5.68. The Bertz CT molecular complexity index is 224. The van der Waals surface area contributed by atoms with Gasteiger partial charge in [-0.05, 0) is 64.3 Å². The van der Waals surface area contributed by atoms with E-state index in [1.165, 1.54) is 38.9 Å².